The summed E-state index contributed by atoms with van der Waals surface area (Å²) in [5.74, 6) is 0.659. The molecule has 8 heteroatoms. The zero-order chi connectivity index (χ0) is 19.5. The van der Waals surface area contributed by atoms with Crippen molar-refractivity contribution in [3.8, 4) is 5.75 Å². The molecule has 0 radical (unpaired) electrons. The lowest BCUT2D eigenvalue weighted by atomic mass is 10.0. The van der Waals surface area contributed by atoms with E-state index in [4.69, 9.17) is 21.4 Å². The fraction of sp³-hybridized carbons (Fsp3) is 0.350. The maximum Gasteiger partial charge on any atom is 0.255 e. The molecule has 0 unspecified atom stereocenters. The first kappa shape index (κ1) is 18.7. The van der Waals surface area contributed by atoms with Gasteiger partial charge in [-0.15, -0.1) is 0 Å². The van der Waals surface area contributed by atoms with E-state index in [9.17, 15) is 4.79 Å². The van der Waals surface area contributed by atoms with Crippen molar-refractivity contribution in [2.75, 3.05) is 26.7 Å². The van der Waals surface area contributed by atoms with Gasteiger partial charge in [-0.1, -0.05) is 11.6 Å². The second-order valence-corrected chi connectivity index (χ2v) is 7.21. The van der Waals surface area contributed by atoms with Gasteiger partial charge >= 0.3 is 0 Å². The maximum absolute atomic E-state index is 12.5. The van der Waals surface area contributed by atoms with Crippen molar-refractivity contribution >= 4 is 28.5 Å². The number of hydrogen-bond donors (Lipinski definition) is 2. The zero-order valence-electron chi connectivity index (χ0n) is 15.6. The topological polar surface area (TPSA) is 81.1 Å². The van der Waals surface area contributed by atoms with Gasteiger partial charge in [0.25, 0.3) is 5.91 Å². The van der Waals surface area contributed by atoms with Crippen LogP contribution in [-0.4, -0.2) is 47.4 Å². The highest BCUT2D eigenvalue weighted by atomic mass is 35.5. The Morgan fingerprint density at radius 3 is 3.11 bits per heavy atom. The number of benzene rings is 1. The van der Waals surface area contributed by atoms with Crippen LogP contribution < -0.4 is 15.4 Å². The number of rotatable bonds is 6. The summed E-state index contributed by atoms with van der Waals surface area (Å²) >= 11 is 6.02. The van der Waals surface area contributed by atoms with Crippen LogP contribution in [0.4, 0.5) is 0 Å². The minimum atomic E-state index is -0.232. The standard InChI is InChI=1S/C20H22ClN5O2/c1-28-17-5-4-14(21)11-16(17)20(27)24-9-10-26-19-15(3-2-7-23-19)18(25-26)13-6-8-22-12-13/h2-5,7,11,13,22H,6,8-10,12H2,1H3,(H,24,27)/t13-/m1/s1. The molecule has 2 aromatic heterocycles. The average Bonchev–Trinajstić information content (AvgIpc) is 3.36. The van der Waals surface area contributed by atoms with Crippen molar-refractivity contribution in [1.82, 2.24) is 25.4 Å². The number of nitrogens with zero attached hydrogens (tertiary/aromatic N) is 3. The molecular formula is C20H22ClN5O2. The molecule has 146 valence electrons. The van der Waals surface area contributed by atoms with Crippen molar-refractivity contribution in [2.24, 2.45) is 0 Å². The Morgan fingerprint density at radius 1 is 1.43 bits per heavy atom. The Bertz CT molecular complexity index is 997. The van der Waals surface area contributed by atoms with E-state index in [0.29, 0.717) is 35.3 Å². The molecule has 1 aliphatic rings. The largest absolute Gasteiger partial charge is 0.496 e. The molecule has 1 saturated heterocycles. The predicted octanol–water partition coefficient (Wildman–Crippen LogP) is 2.60. The minimum Gasteiger partial charge on any atom is -0.496 e. The Morgan fingerprint density at radius 2 is 2.32 bits per heavy atom. The summed E-state index contributed by atoms with van der Waals surface area (Å²) in [6.45, 7) is 2.90. The third-order valence-corrected chi connectivity index (χ3v) is 5.23. The number of nitrogens with one attached hydrogen (secondary N) is 2. The summed E-state index contributed by atoms with van der Waals surface area (Å²) in [6.07, 6.45) is 2.85. The summed E-state index contributed by atoms with van der Waals surface area (Å²) < 4.78 is 7.12. The Kier molecular flexibility index (Phi) is 5.45. The number of fused-ring (bicyclic) bond motifs is 1. The van der Waals surface area contributed by atoms with Crippen LogP contribution >= 0.6 is 11.6 Å². The smallest absolute Gasteiger partial charge is 0.255 e. The molecule has 0 bridgehead atoms. The van der Waals surface area contributed by atoms with Crippen LogP contribution in [0.2, 0.25) is 5.02 Å². The first-order valence-electron chi connectivity index (χ1n) is 9.31. The molecule has 3 aromatic rings. The van der Waals surface area contributed by atoms with Crippen molar-refractivity contribution in [2.45, 2.75) is 18.9 Å². The van der Waals surface area contributed by atoms with E-state index in [1.54, 1.807) is 24.4 Å². The number of methoxy groups -OCH3 is 1. The molecule has 1 aromatic carbocycles. The molecule has 2 N–H and O–H groups in total. The number of ether oxygens (including phenoxy) is 1. The van der Waals surface area contributed by atoms with E-state index in [0.717, 1.165) is 36.2 Å². The summed E-state index contributed by atoms with van der Waals surface area (Å²) in [4.78, 5) is 17.0. The van der Waals surface area contributed by atoms with E-state index in [-0.39, 0.29) is 5.91 Å². The molecule has 1 atom stereocenters. The first-order chi connectivity index (χ1) is 13.7. The van der Waals surface area contributed by atoms with Crippen LogP contribution in [0.5, 0.6) is 5.75 Å². The van der Waals surface area contributed by atoms with Crippen LogP contribution in [0.1, 0.15) is 28.4 Å². The summed E-state index contributed by atoms with van der Waals surface area (Å²) in [7, 11) is 1.53. The average molecular weight is 400 g/mol. The Balaban J connectivity index is 1.49. The predicted molar refractivity (Wildman–Crippen MR) is 108 cm³/mol. The molecule has 28 heavy (non-hydrogen) atoms. The number of amides is 1. The van der Waals surface area contributed by atoms with Crippen molar-refractivity contribution in [3.63, 3.8) is 0 Å². The van der Waals surface area contributed by atoms with E-state index in [2.05, 4.69) is 21.7 Å². The highest BCUT2D eigenvalue weighted by Gasteiger charge is 2.23. The molecule has 1 aliphatic heterocycles. The van der Waals surface area contributed by atoms with Crippen molar-refractivity contribution < 1.29 is 9.53 Å². The zero-order valence-corrected chi connectivity index (χ0v) is 16.4. The highest BCUT2D eigenvalue weighted by molar-refractivity contribution is 6.31. The number of aromatic nitrogens is 3. The van der Waals surface area contributed by atoms with Gasteiger partial charge in [0.15, 0.2) is 5.65 Å². The Hall–Kier alpha value is -2.64. The Labute approximate surface area is 168 Å². The highest BCUT2D eigenvalue weighted by Crippen LogP contribution is 2.28. The fourth-order valence-corrected chi connectivity index (χ4v) is 3.78. The molecule has 0 aliphatic carbocycles. The normalized spacial score (nSPS) is 16.4. The fourth-order valence-electron chi connectivity index (χ4n) is 3.61. The summed E-state index contributed by atoms with van der Waals surface area (Å²) in [5.41, 5.74) is 2.34. The summed E-state index contributed by atoms with van der Waals surface area (Å²) in [6, 6.07) is 8.98. The molecule has 1 amide bonds. The first-order valence-corrected chi connectivity index (χ1v) is 9.69. The molecule has 7 nitrogen and oxygen atoms in total. The lowest BCUT2D eigenvalue weighted by Crippen LogP contribution is -2.28. The minimum absolute atomic E-state index is 0.232. The van der Waals surface area contributed by atoms with Crippen molar-refractivity contribution in [3.05, 3.63) is 52.8 Å². The second kappa shape index (κ2) is 8.16. The van der Waals surface area contributed by atoms with Crippen LogP contribution in [0.3, 0.4) is 0 Å². The van der Waals surface area contributed by atoms with Gasteiger partial charge in [-0.2, -0.15) is 5.10 Å². The van der Waals surface area contributed by atoms with E-state index < -0.39 is 0 Å². The summed E-state index contributed by atoms with van der Waals surface area (Å²) in [5, 5.41) is 12.7. The number of pyridine rings is 1. The van der Waals surface area contributed by atoms with E-state index >= 15 is 0 Å². The number of halogens is 1. The number of hydrogen-bond acceptors (Lipinski definition) is 5. The number of carbonyl (C=O) groups is 1. The van der Waals surface area contributed by atoms with Gasteiger partial charge < -0.3 is 15.4 Å². The molecule has 0 spiro atoms. The maximum atomic E-state index is 12.5. The van der Waals surface area contributed by atoms with Gasteiger partial charge in [0.2, 0.25) is 0 Å². The second-order valence-electron chi connectivity index (χ2n) is 6.77. The third-order valence-electron chi connectivity index (χ3n) is 5.00. The van der Waals surface area contributed by atoms with Crippen LogP contribution in [0.25, 0.3) is 11.0 Å². The van der Waals surface area contributed by atoms with E-state index in [1.807, 2.05) is 10.7 Å². The molecule has 0 saturated carbocycles. The van der Waals surface area contributed by atoms with Crippen LogP contribution in [0.15, 0.2) is 36.5 Å². The van der Waals surface area contributed by atoms with Crippen LogP contribution in [0, 0.1) is 0 Å². The third kappa shape index (κ3) is 3.68. The van der Waals surface area contributed by atoms with E-state index in [1.165, 1.54) is 7.11 Å². The van der Waals surface area contributed by atoms with Crippen LogP contribution in [-0.2, 0) is 6.54 Å². The van der Waals surface area contributed by atoms with Gasteiger partial charge in [0.1, 0.15) is 5.75 Å². The van der Waals surface area contributed by atoms with Gasteiger partial charge in [-0.3, -0.25) is 4.79 Å². The molecule has 3 heterocycles. The van der Waals surface area contributed by atoms with Gasteiger partial charge in [0, 0.05) is 35.6 Å². The van der Waals surface area contributed by atoms with Gasteiger partial charge in [-0.25, -0.2) is 9.67 Å². The van der Waals surface area contributed by atoms with Gasteiger partial charge in [-0.05, 0) is 43.3 Å². The monoisotopic (exact) mass is 399 g/mol. The number of carbonyl (C=O) groups excluding carboxylic acids is 1. The lowest BCUT2D eigenvalue weighted by Gasteiger charge is -2.10. The molecule has 4 rings (SSSR count). The SMILES string of the molecule is COc1ccc(Cl)cc1C(=O)NCCn1nc([C@@H]2CCNC2)c2cccnc21. The van der Waals surface area contributed by atoms with Gasteiger partial charge in [0.05, 0.1) is 24.9 Å². The molecular weight excluding hydrogens is 378 g/mol. The van der Waals surface area contributed by atoms with Crippen molar-refractivity contribution in [1.29, 1.82) is 0 Å². The quantitative estimate of drug-likeness (QED) is 0.666. The lowest BCUT2D eigenvalue weighted by molar-refractivity contribution is 0.0949. The molecule has 1 fully saturated rings.